The Kier molecular flexibility index (Phi) is 6.36. The van der Waals surface area contributed by atoms with Gasteiger partial charge < -0.3 is 4.74 Å². The second-order valence-electron chi connectivity index (χ2n) is 5.92. The fourth-order valence-electron chi connectivity index (χ4n) is 2.69. The summed E-state index contributed by atoms with van der Waals surface area (Å²) in [6.45, 7) is 2.07. The van der Waals surface area contributed by atoms with E-state index in [0.717, 1.165) is 16.8 Å². The van der Waals surface area contributed by atoms with Crippen molar-refractivity contribution in [3.63, 3.8) is 0 Å². The molecule has 136 valence electrons. The van der Waals surface area contributed by atoms with Crippen LogP contribution in [0.2, 0.25) is 0 Å². The molecule has 3 aromatic rings. The lowest BCUT2D eigenvalue weighted by molar-refractivity contribution is 0.160. The Labute approximate surface area is 159 Å². The molecular weight excluding hydrogens is 336 g/mol. The van der Waals surface area contributed by atoms with E-state index >= 15 is 0 Å². The van der Waals surface area contributed by atoms with Crippen molar-refractivity contribution in [3.05, 3.63) is 102 Å². The quantitative estimate of drug-likeness (QED) is 0.443. The number of nitrogens with zero attached hydrogens (tertiary/aromatic N) is 2. The highest BCUT2D eigenvalue weighted by Crippen LogP contribution is 2.18. The number of carbonyl (C=O) groups excluding carboxylic acids is 1. The Bertz CT molecular complexity index is 878. The van der Waals surface area contributed by atoms with E-state index in [2.05, 4.69) is 12.1 Å². The number of para-hydroxylation sites is 1. The summed E-state index contributed by atoms with van der Waals surface area (Å²) in [7, 11) is 0. The minimum atomic E-state index is -0.495. The van der Waals surface area contributed by atoms with Crippen molar-refractivity contribution in [1.29, 1.82) is 0 Å². The molecule has 0 atom stereocenters. The molecule has 0 radical (unpaired) electrons. The molecule has 1 amide bonds. The first-order valence-electron chi connectivity index (χ1n) is 8.96. The number of amides is 1. The third kappa shape index (κ3) is 5.05. The van der Waals surface area contributed by atoms with Gasteiger partial charge in [0.2, 0.25) is 0 Å². The van der Waals surface area contributed by atoms with Crippen molar-refractivity contribution in [2.75, 3.05) is 11.6 Å². The second kappa shape index (κ2) is 9.34. The van der Waals surface area contributed by atoms with Gasteiger partial charge in [0.15, 0.2) is 0 Å². The third-order valence-electron chi connectivity index (χ3n) is 3.98. The van der Waals surface area contributed by atoms with Gasteiger partial charge in [0.25, 0.3) is 0 Å². The van der Waals surface area contributed by atoms with Crippen LogP contribution in [0, 0.1) is 0 Å². The van der Waals surface area contributed by atoms with Gasteiger partial charge in [0.05, 0.1) is 18.0 Å². The molecule has 0 saturated heterocycles. The van der Waals surface area contributed by atoms with Crippen molar-refractivity contribution < 1.29 is 9.53 Å². The van der Waals surface area contributed by atoms with Gasteiger partial charge >= 0.3 is 6.09 Å². The van der Waals surface area contributed by atoms with Crippen LogP contribution >= 0.6 is 0 Å². The zero-order valence-corrected chi connectivity index (χ0v) is 15.3. The van der Waals surface area contributed by atoms with Gasteiger partial charge in [-0.15, -0.1) is 0 Å². The van der Waals surface area contributed by atoms with E-state index in [1.807, 2.05) is 78.9 Å². The number of rotatable bonds is 6. The predicted octanol–water partition coefficient (Wildman–Crippen LogP) is 5.30. The van der Waals surface area contributed by atoms with Crippen LogP contribution in [0.5, 0.6) is 0 Å². The molecule has 0 fully saturated rings. The van der Waals surface area contributed by atoms with Gasteiger partial charge in [-0.25, -0.2) is 4.79 Å². The van der Waals surface area contributed by atoms with E-state index in [1.54, 1.807) is 6.92 Å². The smallest absolute Gasteiger partial charge is 0.435 e. The SMILES string of the molecule is CCOC(=O)N(/N=C(\Cc1ccccc1)c1ccccc1)c1ccccc1. The summed E-state index contributed by atoms with van der Waals surface area (Å²) in [5.74, 6) is 0. The second-order valence-corrected chi connectivity index (χ2v) is 5.92. The summed E-state index contributed by atoms with van der Waals surface area (Å²) in [5.41, 5.74) is 3.54. The lowest BCUT2D eigenvalue weighted by Crippen LogP contribution is -2.28. The Hall–Kier alpha value is -3.40. The highest BCUT2D eigenvalue weighted by molar-refractivity contribution is 6.04. The first-order chi connectivity index (χ1) is 13.3. The molecule has 3 aromatic carbocycles. The zero-order valence-electron chi connectivity index (χ0n) is 15.3. The van der Waals surface area contributed by atoms with Crippen LogP contribution in [-0.2, 0) is 11.2 Å². The third-order valence-corrected chi connectivity index (χ3v) is 3.98. The Morgan fingerprint density at radius 1 is 0.852 bits per heavy atom. The lowest BCUT2D eigenvalue weighted by Gasteiger charge is -2.19. The molecule has 27 heavy (non-hydrogen) atoms. The van der Waals surface area contributed by atoms with Gasteiger partial charge in [0.1, 0.15) is 0 Å². The van der Waals surface area contributed by atoms with Gasteiger partial charge in [-0.3, -0.25) is 0 Å². The Morgan fingerprint density at radius 3 is 2.00 bits per heavy atom. The van der Waals surface area contributed by atoms with Crippen LogP contribution in [0.3, 0.4) is 0 Å². The van der Waals surface area contributed by atoms with E-state index in [9.17, 15) is 4.79 Å². The van der Waals surface area contributed by atoms with E-state index in [0.29, 0.717) is 12.1 Å². The largest absolute Gasteiger partial charge is 0.448 e. The van der Waals surface area contributed by atoms with Crippen LogP contribution in [0.25, 0.3) is 0 Å². The molecule has 0 spiro atoms. The molecule has 4 heteroatoms. The maximum absolute atomic E-state index is 12.6. The Morgan fingerprint density at radius 2 is 1.41 bits per heavy atom. The van der Waals surface area contributed by atoms with Crippen molar-refractivity contribution in [2.45, 2.75) is 13.3 Å². The molecule has 0 saturated carbocycles. The summed E-state index contributed by atoms with van der Waals surface area (Å²) in [6, 6.07) is 29.3. The van der Waals surface area contributed by atoms with Gasteiger partial charge in [-0.1, -0.05) is 78.9 Å². The summed E-state index contributed by atoms with van der Waals surface area (Å²) in [4.78, 5) is 12.6. The van der Waals surface area contributed by atoms with Crippen LogP contribution < -0.4 is 5.01 Å². The topological polar surface area (TPSA) is 41.9 Å². The average molecular weight is 358 g/mol. The highest BCUT2D eigenvalue weighted by atomic mass is 16.6. The van der Waals surface area contributed by atoms with Crippen LogP contribution in [0.1, 0.15) is 18.1 Å². The minimum Gasteiger partial charge on any atom is -0.448 e. The van der Waals surface area contributed by atoms with Crippen LogP contribution in [0.4, 0.5) is 10.5 Å². The summed E-state index contributed by atoms with van der Waals surface area (Å²) in [5, 5.41) is 6.03. The molecular formula is C23H22N2O2. The number of hydrogen-bond donors (Lipinski definition) is 0. The van der Waals surface area contributed by atoms with E-state index in [1.165, 1.54) is 5.01 Å². The molecule has 0 aliphatic carbocycles. The molecule has 0 unspecified atom stereocenters. The van der Waals surface area contributed by atoms with Crippen molar-refractivity contribution >= 4 is 17.5 Å². The molecule has 0 heterocycles. The fraction of sp³-hybridized carbons (Fsp3) is 0.130. The van der Waals surface area contributed by atoms with Gasteiger partial charge in [-0.05, 0) is 30.2 Å². The number of hydrazone groups is 1. The monoisotopic (exact) mass is 358 g/mol. The van der Waals surface area contributed by atoms with Gasteiger partial charge in [-0.2, -0.15) is 10.1 Å². The zero-order chi connectivity index (χ0) is 18.9. The van der Waals surface area contributed by atoms with E-state index in [4.69, 9.17) is 9.84 Å². The number of anilines is 1. The van der Waals surface area contributed by atoms with Crippen LogP contribution in [0.15, 0.2) is 96.1 Å². The van der Waals surface area contributed by atoms with Crippen molar-refractivity contribution in [3.8, 4) is 0 Å². The number of benzene rings is 3. The first kappa shape index (κ1) is 18.4. The fourth-order valence-corrected chi connectivity index (χ4v) is 2.69. The average Bonchev–Trinajstić information content (AvgIpc) is 2.73. The predicted molar refractivity (Wildman–Crippen MR) is 109 cm³/mol. The summed E-state index contributed by atoms with van der Waals surface area (Å²) < 4.78 is 5.23. The van der Waals surface area contributed by atoms with Crippen LogP contribution in [-0.4, -0.2) is 18.4 Å². The standard InChI is InChI=1S/C23H22N2O2/c1-2-27-23(26)25(21-16-10-5-11-17-21)24-22(20-14-8-4-9-15-20)18-19-12-6-3-7-13-19/h3-17H,2,18H2,1H3/b24-22+. The molecule has 0 N–H and O–H groups in total. The lowest BCUT2D eigenvalue weighted by atomic mass is 10.0. The minimum absolute atomic E-state index is 0.289. The summed E-state index contributed by atoms with van der Waals surface area (Å²) in [6.07, 6.45) is 0.110. The Balaban J connectivity index is 2.03. The van der Waals surface area contributed by atoms with Crippen molar-refractivity contribution in [1.82, 2.24) is 0 Å². The number of hydrogen-bond acceptors (Lipinski definition) is 3. The molecule has 4 nitrogen and oxygen atoms in total. The normalized spacial score (nSPS) is 11.1. The maximum Gasteiger partial charge on any atom is 0.435 e. The molecule has 3 rings (SSSR count). The number of carbonyl (C=O) groups is 1. The molecule has 0 aliphatic rings. The van der Waals surface area contributed by atoms with Crippen molar-refractivity contribution in [2.24, 2.45) is 5.10 Å². The molecule has 0 aliphatic heterocycles. The highest BCUT2D eigenvalue weighted by Gasteiger charge is 2.18. The first-order valence-corrected chi connectivity index (χ1v) is 8.96. The van der Waals surface area contributed by atoms with Gasteiger partial charge in [0, 0.05) is 6.42 Å². The summed E-state index contributed by atoms with van der Waals surface area (Å²) >= 11 is 0. The molecule has 0 bridgehead atoms. The van der Waals surface area contributed by atoms with E-state index in [-0.39, 0.29) is 6.61 Å². The van der Waals surface area contributed by atoms with E-state index < -0.39 is 6.09 Å². The number of ether oxygens (including phenoxy) is 1. The molecule has 0 aromatic heterocycles. The maximum atomic E-state index is 12.6.